The van der Waals surface area contributed by atoms with Gasteiger partial charge in [0.1, 0.15) is 0 Å². The molecular formula is C13H17N3. The maximum Gasteiger partial charge on any atom is 0.0958 e. The van der Waals surface area contributed by atoms with E-state index in [4.69, 9.17) is 0 Å². The van der Waals surface area contributed by atoms with Crippen molar-refractivity contribution in [3.63, 3.8) is 0 Å². The normalized spacial score (nSPS) is 17.8. The zero-order valence-corrected chi connectivity index (χ0v) is 9.56. The minimum Gasteiger partial charge on any atom is -0.329 e. The lowest BCUT2D eigenvalue weighted by Crippen LogP contribution is -2.31. The summed E-state index contributed by atoms with van der Waals surface area (Å²) in [4.78, 5) is 4.42. The van der Waals surface area contributed by atoms with Crippen LogP contribution < -0.4 is 5.32 Å². The van der Waals surface area contributed by atoms with Crippen LogP contribution in [0.1, 0.15) is 12.8 Å². The van der Waals surface area contributed by atoms with Gasteiger partial charge in [0.25, 0.3) is 0 Å². The van der Waals surface area contributed by atoms with Crippen LogP contribution in [-0.2, 0) is 6.54 Å². The maximum atomic E-state index is 4.42. The van der Waals surface area contributed by atoms with Crippen LogP contribution in [0.5, 0.6) is 0 Å². The molecule has 0 spiro atoms. The Morgan fingerprint density at radius 2 is 2.25 bits per heavy atom. The van der Waals surface area contributed by atoms with Crippen LogP contribution in [0, 0.1) is 5.92 Å². The molecule has 1 atom stereocenters. The van der Waals surface area contributed by atoms with Gasteiger partial charge in [-0.05, 0) is 37.9 Å². The van der Waals surface area contributed by atoms with Crippen LogP contribution in [0.2, 0.25) is 0 Å². The molecule has 1 saturated carbocycles. The van der Waals surface area contributed by atoms with Crippen molar-refractivity contribution in [2.45, 2.75) is 25.4 Å². The first kappa shape index (κ1) is 9.85. The van der Waals surface area contributed by atoms with Crippen molar-refractivity contribution in [3.05, 3.63) is 30.6 Å². The standard InChI is InChI=1S/C13H17N3/c1-14-12(10-6-7-10)8-16-9-15-11-4-2-3-5-13(11)16/h2-5,9-10,12,14H,6-8H2,1H3. The Kier molecular flexibility index (Phi) is 2.40. The molecule has 2 aromatic rings. The number of hydrogen-bond acceptors (Lipinski definition) is 2. The molecular weight excluding hydrogens is 198 g/mol. The molecule has 1 aliphatic rings. The minimum absolute atomic E-state index is 0.595. The predicted molar refractivity (Wildman–Crippen MR) is 65.3 cm³/mol. The summed E-state index contributed by atoms with van der Waals surface area (Å²) < 4.78 is 2.26. The highest BCUT2D eigenvalue weighted by Gasteiger charge is 2.30. The van der Waals surface area contributed by atoms with E-state index < -0.39 is 0 Å². The lowest BCUT2D eigenvalue weighted by Gasteiger charge is -2.16. The molecule has 1 aromatic carbocycles. The summed E-state index contributed by atoms with van der Waals surface area (Å²) in [6, 6.07) is 8.92. The van der Waals surface area contributed by atoms with Gasteiger partial charge in [0, 0.05) is 12.6 Å². The van der Waals surface area contributed by atoms with Crippen molar-refractivity contribution < 1.29 is 0 Å². The molecule has 1 aliphatic carbocycles. The van der Waals surface area contributed by atoms with Crippen molar-refractivity contribution in [1.29, 1.82) is 0 Å². The van der Waals surface area contributed by atoms with E-state index >= 15 is 0 Å². The van der Waals surface area contributed by atoms with E-state index in [-0.39, 0.29) is 0 Å². The van der Waals surface area contributed by atoms with Gasteiger partial charge >= 0.3 is 0 Å². The third-order valence-corrected chi connectivity index (χ3v) is 3.48. The van der Waals surface area contributed by atoms with E-state index in [0.29, 0.717) is 6.04 Å². The smallest absolute Gasteiger partial charge is 0.0958 e. The molecule has 84 valence electrons. The van der Waals surface area contributed by atoms with Gasteiger partial charge in [-0.15, -0.1) is 0 Å². The molecule has 0 aliphatic heterocycles. The largest absolute Gasteiger partial charge is 0.329 e. The number of benzene rings is 1. The Labute approximate surface area is 95.5 Å². The highest BCUT2D eigenvalue weighted by molar-refractivity contribution is 5.74. The quantitative estimate of drug-likeness (QED) is 0.845. The number of nitrogens with one attached hydrogen (secondary N) is 1. The number of imidazole rings is 1. The van der Waals surface area contributed by atoms with Crippen LogP contribution in [0.25, 0.3) is 11.0 Å². The zero-order valence-electron chi connectivity index (χ0n) is 9.56. The summed E-state index contributed by atoms with van der Waals surface area (Å²) in [5.74, 6) is 0.867. The Hall–Kier alpha value is -1.35. The highest BCUT2D eigenvalue weighted by atomic mass is 15.1. The van der Waals surface area contributed by atoms with Crippen molar-refractivity contribution in [2.24, 2.45) is 5.92 Å². The molecule has 3 nitrogen and oxygen atoms in total. The van der Waals surface area contributed by atoms with E-state index in [1.807, 2.05) is 12.4 Å². The average molecular weight is 215 g/mol. The molecule has 3 heteroatoms. The number of para-hydroxylation sites is 2. The summed E-state index contributed by atoms with van der Waals surface area (Å²) in [5.41, 5.74) is 2.33. The number of fused-ring (bicyclic) bond motifs is 1. The van der Waals surface area contributed by atoms with Gasteiger partial charge in [-0.2, -0.15) is 0 Å². The fraction of sp³-hybridized carbons (Fsp3) is 0.462. The van der Waals surface area contributed by atoms with E-state index in [9.17, 15) is 0 Å². The monoisotopic (exact) mass is 215 g/mol. The second kappa shape index (κ2) is 3.91. The first-order valence-electron chi connectivity index (χ1n) is 5.95. The lowest BCUT2D eigenvalue weighted by atomic mass is 10.2. The molecule has 1 unspecified atom stereocenters. The van der Waals surface area contributed by atoms with Gasteiger partial charge in [-0.3, -0.25) is 0 Å². The van der Waals surface area contributed by atoms with Crippen LogP contribution in [0.3, 0.4) is 0 Å². The number of rotatable bonds is 4. The Morgan fingerprint density at radius 1 is 1.44 bits per heavy atom. The maximum absolute atomic E-state index is 4.42. The zero-order chi connectivity index (χ0) is 11.0. The minimum atomic E-state index is 0.595. The molecule has 0 amide bonds. The van der Waals surface area contributed by atoms with E-state index in [1.54, 1.807) is 0 Å². The van der Waals surface area contributed by atoms with E-state index in [0.717, 1.165) is 18.0 Å². The fourth-order valence-electron chi connectivity index (χ4n) is 2.34. The molecule has 1 fully saturated rings. The van der Waals surface area contributed by atoms with Crippen LogP contribution in [0.4, 0.5) is 0 Å². The third-order valence-electron chi connectivity index (χ3n) is 3.48. The van der Waals surface area contributed by atoms with E-state index in [2.05, 4.69) is 40.1 Å². The average Bonchev–Trinajstić information content (AvgIpc) is 3.08. The first-order chi connectivity index (χ1) is 7.88. The van der Waals surface area contributed by atoms with Crippen molar-refractivity contribution in [3.8, 4) is 0 Å². The SMILES string of the molecule is CNC(Cn1cnc2ccccc21)C1CC1. The van der Waals surface area contributed by atoms with Gasteiger partial charge in [-0.25, -0.2) is 4.98 Å². The Bertz CT molecular complexity index is 485. The van der Waals surface area contributed by atoms with Gasteiger partial charge in [0.2, 0.25) is 0 Å². The molecule has 3 rings (SSSR count). The fourth-order valence-corrected chi connectivity index (χ4v) is 2.34. The van der Waals surface area contributed by atoms with Crippen LogP contribution >= 0.6 is 0 Å². The number of nitrogens with zero attached hydrogens (tertiary/aromatic N) is 2. The second-order valence-electron chi connectivity index (χ2n) is 4.62. The van der Waals surface area contributed by atoms with Gasteiger partial charge in [0.15, 0.2) is 0 Å². The molecule has 16 heavy (non-hydrogen) atoms. The number of likely N-dealkylation sites (N-methyl/N-ethyl adjacent to an activating group) is 1. The van der Waals surface area contributed by atoms with Crippen molar-refractivity contribution in [2.75, 3.05) is 7.05 Å². The topological polar surface area (TPSA) is 29.9 Å². The molecule has 1 aromatic heterocycles. The molecule has 0 bridgehead atoms. The first-order valence-corrected chi connectivity index (χ1v) is 5.95. The van der Waals surface area contributed by atoms with Gasteiger partial charge in [0.05, 0.1) is 17.4 Å². The summed E-state index contributed by atoms with van der Waals surface area (Å²) in [5, 5.41) is 3.42. The summed E-state index contributed by atoms with van der Waals surface area (Å²) in [6.45, 7) is 1.03. The highest BCUT2D eigenvalue weighted by Crippen LogP contribution is 2.33. The summed E-state index contributed by atoms with van der Waals surface area (Å²) in [7, 11) is 2.06. The summed E-state index contributed by atoms with van der Waals surface area (Å²) >= 11 is 0. The van der Waals surface area contributed by atoms with Gasteiger partial charge in [-0.1, -0.05) is 12.1 Å². The number of aromatic nitrogens is 2. The van der Waals surface area contributed by atoms with E-state index in [1.165, 1.54) is 18.4 Å². The Balaban J connectivity index is 1.87. The third kappa shape index (κ3) is 1.71. The Morgan fingerprint density at radius 3 is 3.00 bits per heavy atom. The van der Waals surface area contributed by atoms with Crippen LogP contribution in [-0.4, -0.2) is 22.6 Å². The lowest BCUT2D eigenvalue weighted by molar-refractivity contribution is 0.441. The second-order valence-corrected chi connectivity index (χ2v) is 4.62. The van der Waals surface area contributed by atoms with Crippen molar-refractivity contribution in [1.82, 2.24) is 14.9 Å². The molecule has 1 N–H and O–H groups in total. The van der Waals surface area contributed by atoms with Gasteiger partial charge < -0.3 is 9.88 Å². The summed E-state index contributed by atoms with van der Waals surface area (Å²) in [6.07, 6.45) is 4.70. The molecule has 0 saturated heterocycles. The van der Waals surface area contributed by atoms with Crippen molar-refractivity contribution >= 4 is 11.0 Å². The number of hydrogen-bond donors (Lipinski definition) is 1. The molecule has 1 heterocycles. The predicted octanol–water partition coefficient (Wildman–Crippen LogP) is 2.03. The molecule has 0 radical (unpaired) electrons. The van der Waals surface area contributed by atoms with Crippen LogP contribution in [0.15, 0.2) is 30.6 Å².